The number of rotatable bonds is 9. The Morgan fingerprint density at radius 2 is 1.94 bits per heavy atom. The lowest BCUT2D eigenvalue weighted by molar-refractivity contribution is -0.148. The Labute approximate surface area is 106 Å². The summed E-state index contributed by atoms with van der Waals surface area (Å²) < 4.78 is 0. The quantitative estimate of drug-likeness (QED) is 0.268. The minimum absolute atomic E-state index is 0.116. The van der Waals surface area contributed by atoms with Crippen molar-refractivity contribution in [2.45, 2.75) is 25.7 Å². The highest BCUT2D eigenvalue weighted by atomic mass is 16.3. The van der Waals surface area contributed by atoms with Gasteiger partial charge < -0.3 is 16.2 Å². The smallest absolute Gasteiger partial charge is 0.318 e. The molecule has 0 rings (SSSR count). The molecule has 18 heavy (non-hydrogen) atoms. The van der Waals surface area contributed by atoms with Crippen LogP contribution in [0.15, 0.2) is 0 Å². The van der Waals surface area contributed by atoms with Gasteiger partial charge in [0.25, 0.3) is 0 Å². The second kappa shape index (κ2) is 10.7. The molecule has 4 N–H and O–H groups in total. The minimum Gasteiger partial charge on any atom is -0.396 e. The molecule has 0 saturated heterocycles. The van der Waals surface area contributed by atoms with E-state index in [4.69, 9.17) is 10.8 Å². The van der Waals surface area contributed by atoms with Crippen LogP contribution in [-0.4, -0.2) is 54.5 Å². The first-order chi connectivity index (χ1) is 8.67. The van der Waals surface area contributed by atoms with Crippen molar-refractivity contribution in [3.05, 3.63) is 0 Å². The molecule has 0 aliphatic heterocycles. The van der Waals surface area contributed by atoms with Gasteiger partial charge in [-0.1, -0.05) is 0 Å². The lowest BCUT2D eigenvalue weighted by atomic mass is 10.2. The number of nitrogens with one attached hydrogen (secondary N) is 1. The predicted molar refractivity (Wildman–Crippen MR) is 65.4 cm³/mol. The Kier molecular flexibility index (Phi) is 9.80. The number of amides is 3. The molecule has 0 atom stereocenters. The minimum atomic E-state index is -0.861. The van der Waals surface area contributed by atoms with Crippen molar-refractivity contribution in [2.24, 2.45) is 5.73 Å². The van der Waals surface area contributed by atoms with E-state index in [1.54, 1.807) is 0 Å². The molecule has 104 valence electrons. The van der Waals surface area contributed by atoms with E-state index in [-0.39, 0.29) is 13.2 Å². The first-order valence-electron chi connectivity index (χ1n) is 6.02. The molecular formula is C11H21N3O4. The molecule has 3 amide bonds. The maximum Gasteiger partial charge on any atom is 0.318 e. The highest BCUT2D eigenvalue weighted by Crippen LogP contribution is 1.93. The molecule has 0 heterocycles. The Hall–Kier alpha value is -1.47. The molecule has 0 bridgehead atoms. The van der Waals surface area contributed by atoms with E-state index in [1.807, 2.05) is 0 Å². The molecule has 7 heteroatoms. The number of hydrogen-bond donors (Lipinski definition) is 3. The van der Waals surface area contributed by atoms with E-state index >= 15 is 0 Å². The van der Waals surface area contributed by atoms with Crippen molar-refractivity contribution in [1.29, 1.82) is 0 Å². The maximum absolute atomic E-state index is 11.5. The average molecular weight is 259 g/mol. The van der Waals surface area contributed by atoms with Crippen LogP contribution in [0, 0.1) is 0 Å². The summed E-state index contributed by atoms with van der Waals surface area (Å²) in [6, 6.07) is 0. The van der Waals surface area contributed by atoms with Gasteiger partial charge in [-0.25, -0.2) is 0 Å². The number of nitrogens with zero attached hydrogens (tertiary/aromatic N) is 1. The first kappa shape index (κ1) is 16.5. The zero-order chi connectivity index (χ0) is 13.8. The van der Waals surface area contributed by atoms with Gasteiger partial charge in [0.05, 0.1) is 0 Å². The first-order valence-corrected chi connectivity index (χ1v) is 6.02. The van der Waals surface area contributed by atoms with Crippen molar-refractivity contribution >= 4 is 18.2 Å². The fraction of sp³-hybridized carbons (Fsp3) is 0.727. The summed E-state index contributed by atoms with van der Waals surface area (Å²) in [7, 11) is 0. The van der Waals surface area contributed by atoms with Crippen molar-refractivity contribution in [1.82, 2.24) is 10.2 Å². The third-order valence-electron chi connectivity index (χ3n) is 2.31. The van der Waals surface area contributed by atoms with Crippen LogP contribution >= 0.6 is 0 Å². The summed E-state index contributed by atoms with van der Waals surface area (Å²) in [5.41, 5.74) is 5.26. The van der Waals surface area contributed by atoms with Gasteiger partial charge in [-0.3, -0.25) is 19.3 Å². The molecule has 7 nitrogen and oxygen atoms in total. The van der Waals surface area contributed by atoms with E-state index < -0.39 is 11.8 Å². The molecule has 0 aromatic rings. The lowest BCUT2D eigenvalue weighted by Gasteiger charge is -2.14. The van der Waals surface area contributed by atoms with E-state index in [9.17, 15) is 14.4 Å². The number of unbranched alkanes of at least 4 members (excludes halogenated alkanes) is 2. The summed E-state index contributed by atoms with van der Waals surface area (Å²) in [6.45, 7) is 0.968. The van der Waals surface area contributed by atoms with E-state index in [0.717, 1.165) is 11.3 Å². The van der Waals surface area contributed by atoms with Crippen LogP contribution in [0.3, 0.4) is 0 Å². The molecule has 0 aromatic heterocycles. The highest BCUT2D eigenvalue weighted by molar-refractivity contribution is 6.36. The molecule has 0 aromatic carbocycles. The maximum atomic E-state index is 11.5. The van der Waals surface area contributed by atoms with Gasteiger partial charge >= 0.3 is 11.8 Å². The van der Waals surface area contributed by atoms with Crippen molar-refractivity contribution in [3.8, 4) is 0 Å². The van der Waals surface area contributed by atoms with E-state index in [0.29, 0.717) is 38.8 Å². The third kappa shape index (κ3) is 6.97. The van der Waals surface area contributed by atoms with E-state index in [2.05, 4.69) is 5.32 Å². The van der Waals surface area contributed by atoms with Crippen LogP contribution in [0.2, 0.25) is 0 Å². The molecular weight excluding hydrogens is 238 g/mol. The zero-order valence-corrected chi connectivity index (χ0v) is 10.4. The molecule has 0 aliphatic carbocycles. The summed E-state index contributed by atoms with van der Waals surface area (Å²) in [4.78, 5) is 34.3. The van der Waals surface area contributed by atoms with Crippen LogP contribution in [-0.2, 0) is 14.4 Å². The van der Waals surface area contributed by atoms with Gasteiger partial charge in [-0.2, -0.15) is 0 Å². The zero-order valence-electron chi connectivity index (χ0n) is 10.4. The van der Waals surface area contributed by atoms with Crippen LogP contribution in [0.5, 0.6) is 0 Å². The Bertz CT molecular complexity index is 271. The number of aliphatic hydroxyl groups is 1. The second-order valence-corrected chi connectivity index (χ2v) is 3.79. The van der Waals surface area contributed by atoms with Crippen LogP contribution in [0.25, 0.3) is 0 Å². The predicted octanol–water partition coefficient (Wildman–Crippen LogP) is -1.40. The second-order valence-electron chi connectivity index (χ2n) is 3.79. The fourth-order valence-electron chi connectivity index (χ4n) is 1.29. The number of hydrogen-bond acceptors (Lipinski definition) is 5. The SMILES string of the molecule is NCCCN(C=O)C(=O)C(=O)NCCCCCO. The number of carbonyl (C=O) groups excluding carboxylic acids is 3. The number of aliphatic hydroxyl groups excluding tert-OH is 1. The molecule has 0 spiro atoms. The normalized spacial score (nSPS) is 9.89. The molecule has 0 fully saturated rings. The average Bonchev–Trinajstić information content (AvgIpc) is 2.38. The lowest BCUT2D eigenvalue weighted by Crippen LogP contribution is -2.43. The third-order valence-corrected chi connectivity index (χ3v) is 2.31. The largest absolute Gasteiger partial charge is 0.396 e. The molecule has 0 radical (unpaired) electrons. The van der Waals surface area contributed by atoms with Crippen molar-refractivity contribution in [2.75, 3.05) is 26.2 Å². The van der Waals surface area contributed by atoms with Gasteiger partial charge in [-0.15, -0.1) is 0 Å². The Balaban J connectivity index is 3.92. The molecule has 0 unspecified atom stereocenters. The van der Waals surface area contributed by atoms with Gasteiger partial charge in [0.1, 0.15) is 0 Å². The highest BCUT2D eigenvalue weighted by Gasteiger charge is 2.20. The number of imide groups is 1. The number of carbonyl (C=O) groups is 3. The van der Waals surface area contributed by atoms with Crippen molar-refractivity contribution < 1.29 is 19.5 Å². The van der Waals surface area contributed by atoms with Crippen LogP contribution < -0.4 is 11.1 Å². The van der Waals surface area contributed by atoms with Crippen LogP contribution in [0.4, 0.5) is 0 Å². The summed E-state index contributed by atoms with van der Waals surface area (Å²) in [5.74, 6) is -1.65. The summed E-state index contributed by atoms with van der Waals surface area (Å²) in [6.07, 6.45) is 2.93. The Morgan fingerprint density at radius 1 is 1.22 bits per heavy atom. The monoisotopic (exact) mass is 259 g/mol. The van der Waals surface area contributed by atoms with Gasteiger partial charge in [0.2, 0.25) is 6.41 Å². The molecule has 0 aliphatic rings. The van der Waals surface area contributed by atoms with Gasteiger partial charge in [0.15, 0.2) is 0 Å². The number of nitrogens with two attached hydrogens (primary N) is 1. The van der Waals surface area contributed by atoms with E-state index in [1.165, 1.54) is 0 Å². The van der Waals surface area contributed by atoms with Crippen LogP contribution in [0.1, 0.15) is 25.7 Å². The topological polar surface area (TPSA) is 113 Å². The Morgan fingerprint density at radius 3 is 2.50 bits per heavy atom. The molecule has 0 saturated carbocycles. The summed E-state index contributed by atoms with van der Waals surface area (Å²) in [5, 5.41) is 11.0. The van der Waals surface area contributed by atoms with Crippen molar-refractivity contribution in [3.63, 3.8) is 0 Å². The summed E-state index contributed by atoms with van der Waals surface area (Å²) >= 11 is 0. The standard InChI is InChI=1S/C11H21N3O4/c12-5-4-7-14(9-16)11(18)10(17)13-6-2-1-3-8-15/h9,15H,1-8,12H2,(H,13,17). The fourth-order valence-corrected chi connectivity index (χ4v) is 1.29. The van der Waals surface area contributed by atoms with Gasteiger partial charge in [0, 0.05) is 19.7 Å². The van der Waals surface area contributed by atoms with Gasteiger partial charge in [-0.05, 0) is 32.2 Å².